The summed E-state index contributed by atoms with van der Waals surface area (Å²) in [6, 6.07) is 7.69. The predicted molar refractivity (Wildman–Crippen MR) is 70.4 cm³/mol. The maximum Gasteiger partial charge on any atom is 0.151 e. The molecule has 0 aliphatic rings. The third kappa shape index (κ3) is 2.94. The molecule has 1 N–H and O–H groups in total. The van der Waals surface area contributed by atoms with Gasteiger partial charge in [0.1, 0.15) is 11.5 Å². The van der Waals surface area contributed by atoms with Gasteiger partial charge in [-0.3, -0.25) is 4.79 Å². The van der Waals surface area contributed by atoms with E-state index in [9.17, 15) is 4.79 Å². The Balaban J connectivity index is 2.05. The molecule has 2 aromatic rings. The predicted octanol–water partition coefficient (Wildman–Crippen LogP) is 1.89. The van der Waals surface area contributed by atoms with Gasteiger partial charge >= 0.3 is 0 Å². The fourth-order valence-electron chi connectivity index (χ4n) is 1.60. The molecule has 0 unspecified atom stereocenters. The molecule has 5 nitrogen and oxygen atoms in total. The van der Waals surface area contributed by atoms with E-state index in [4.69, 9.17) is 0 Å². The van der Waals surface area contributed by atoms with Crippen molar-refractivity contribution in [1.29, 1.82) is 0 Å². The van der Waals surface area contributed by atoms with Gasteiger partial charge in [0.2, 0.25) is 0 Å². The first-order valence-corrected chi connectivity index (χ1v) is 5.85. The third-order valence-electron chi connectivity index (χ3n) is 2.71. The van der Waals surface area contributed by atoms with Crippen molar-refractivity contribution in [2.24, 2.45) is 0 Å². The van der Waals surface area contributed by atoms with Crippen molar-refractivity contribution < 1.29 is 4.79 Å². The summed E-state index contributed by atoms with van der Waals surface area (Å²) in [6.07, 6.45) is 2.38. The maximum atomic E-state index is 10.9. The molecule has 0 spiro atoms. The number of nitrogens with one attached hydrogen (secondary N) is 1. The van der Waals surface area contributed by atoms with E-state index in [1.54, 1.807) is 6.92 Å². The number of nitrogens with zero attached hydrogens (tertiary/aromatic N) is 3. The Hall–Kier alpha value is -2.17. The van der Waals surface area contributed by atoms with Crippen LogP contribution in [0.2, 0.25) is 0 Å². The Bertz CT molecular complexity index is 504. The molecule has 0 aliphatic heterocycles. The zero-order valence-corrected chi connectivity index (χ0v) is 10.6. The molecule has 5 heteroatoms. The van der Waals surface area contributed by atoms with Crippen molar-refractivity contribution in [3.63, 3.8) is 0 Å². The Labute approximate surface area is 106 Å². The number of carbonyl (C=O) groups is 1. The summed E-state index contributed by atoms with van der Waals surface area (Å²) in [5, 5.41) is 8.32. The van der Waals surface area contributed by atoms with Gasteiger partial charge in [0, 0.05) is 26.2 Å². The van der Waals surface area contributed by atoms with Crippen LogP contribution in [-0.2, 0) is 4.79 Å². The van der Waals surface area contributed by atoms with Crippen molar-refractivity contribution in [1.82, 2.24) is 15.2 Å². The topological polar surface area (TPSA) is 61.9 Å². The summed E-state index contributed by atoms with van der Waals surface area (Å²) in [4.78, 5) is 15.9. The first kappa shape index (κ1) is 12.3. The number of H-pyrrole nitrogens is 1. The summed E-state index contributed by atoms with van der Waals surface area (Å²) < 4.78 is 0. The van der Waals surface area contributed by atoms with Gasteiger partial charge in [0.05, 0.1) is 5.69 Å². The number of rotatable bonds is 5. The molecule has 2 aromatic heterocycles. The van der Waals surface area contributed by atoms with Crippen LogP contribution in [0.15, 0.2) is 30.5 Å². The van der Waals surface area contributed by atoms with Gasteiger partial charge in [-0.15, -0.1) is 10.2 Å². The van der Waals surface area contributed by atoms with Crippen LogP contribution in [0, 0.1) is 0 Å². The number of anilines is 1. The second-order valence-corrected chi connectivity index (χ2v) is 4.23. The van der Waals surface area contributed by atoms with Crippen molar-refractivity contribution >= 4 is 11.6 Å². The number of hydrogen-bond acceptors (Lipinski definition) is 4. The number of hydrogen-bond donors (Lipinski definition) is 1. The normalized spacial score (nSPS) is 10.3. The number of carbonyl (C=O) groups excluding carboxylic acids is 1. The number of ketones is 1. The van der Waals surface area contributed by atoms with E-state index in [0.717, 1.165) is 17.2 Å². The molecule has 2 heterocycles. The molecule has 0 saturated carbocycles. The van der Waals surface area contributed by atoms with E-state index < -0.39 is 0 Å². The monoisotopic (exact) mass is 244 g/mol. The zero-order valence-electron chi connectivity index (χ0n) is 10.6. The van der Waals surface area contributed by atoms with E-state index in [1.165, 1.54) is 0 Å². The van der Waals surface area contributed by atoms with E-state index in [2.05, 4.69) is 15.2 Å². The number of aromatic nitrogens is 3. The average Bonchev–Trinajstić information content (AvgIpc) is 2.90. The fraction of sp³-hybridized carbons (Fsp3) is 0.308. The second-order valence-electron chi connectivity index (χ2n) is 4.23. The first-order chi connectivity index (χ1) is 8.66. The van der Waals surface area contributed by atoms with Crippen LogP contribution >= 0.6 is 0 Å². The van der Waals surface area contributed by atoms with Gasteiger partial charge in [-0.05, 0) is 31.2 Å². The van der Waals surface area contributed by atoms with E-state index in [1.807, 2.05) is 42.4 Å². The Kier molecular flexibility index (Phi) is 3.72. The van der Waals surface area contributed by atoms with Gasteiger partial charge in [-0.1, -0.05) is 0 Å². The van der Waals surface area contributed by atoms with Gasteiger partial charge in [-0.2, -0.15) is 0 Å². The largest absolute Gasteiger partial charge is 0.360 e. The van der Waals surface area contributed by atoms with Crippen LogP contribution in [0.25, 0.3) is 11.4 Å². The third-order valence-corrected chi connectivity index (χ3v) is 2.71. The summed E-state index contributed by atoms with van der Waals surface area (Å²) in [5.41, 5.74) is 1.75. The highest BCUT2D eigenvalue weighted by molar-refractivity contribution is 5.76. The molecule has 0 aliphatic carbocycles. The molecule has 0 saturated heterocycles. The van der Waals surface area contributed by atoms with Crippen molar-refractivity contribution in [2.45, 2.75) is 13.3 Å². The Morgan fingerprint density at radius 2 is 2.17 bits per heavy atom. The average molecular weight is 244 g/mol. The van der Waals surface area contributed by atoms with Gasteiger partial charge in [0.15, 0.2) is 5.82 Å². The van der Waals surface area contributed by atoms with Crippen LogP contribution in [0.5, 0.6) is 0 Å². The molecular weight excluding hydrogens is 228 g/mol. The summed E-state index contributed by atoms with van der Waals surface area (Å²) in [5.74, 6) is 0.948. The van der Waals surface area contributed by atoms with Crippen molar-refractivity contribution in [3.8, 4) is 11.4 Å². The standard InChI is InChI=1S/C13H16N4O/c1-10(18)7-9-17(2)13-6-5-12(15-16-13)11-4-3-8-14-11/h3-6,8,14H,7,9H2,1-2H3. The highest BCUT2D eigenvalue weighted by atomic mass is 16.1. The molecule has 0 radical (unpaired) electrons. The van der Waals surface area contributed by atoms with Crippen molar-refractivity contribution in [2.75, 3.05) is 18.5 Å². The molecule has 0 fully saturated rings. The van der Waals surface area contributed by atoms with Crippen LogP contribution in [0.3, 0.4) is 0 Å². The van der Waals surface area contributed by atoms with E-state index >= 15 is 0 Å². The lowest BCUT2D eigenvalue weighted by Crippen LogP contribution is -2.21. The second kappa shape index (κ2) is 5.44. The summed E-state index contributed by atoms with van der Waals surface area (Å²) >= 11 is 0. The van der Waals surface area contributed by atoms with Gasteiger partial charge in [0.25, 0.3) is 0 Å². The molecule has 0 amide bonds. The number of Topliss-reactive ketones (excluding diaryl/α,β-unsaturated/α-hetero) is 1. The molecule has 0 aromatic carbocycles. The minimum absolute atomic E-state index is 0.179. The zero-order chi connectivity index (χ0) is 13.0. The molecule has 0 atom stereocenters. The highest BCUT2D eigenvalue weighted by Crippen LogP contribution is 2.15. The fourth-order valence-corrected chi connectivity index (χ4v) is 1.60. The Morgan fingerprint density at radius 1 is 1.33 bits per heavy atom. The quantitative estimate of drug-likeness (QED) is 0.872. The van der Waals surface area contributed by atoms with E-state index in [0.29, 0.717) is 13.0 Å². The minimum atomic E-state index is 0.179. The van der Waals surface area contributed by atoms with Gasteiger partial charge in [-0.25, -0.2) is 0 Å². The summed E-state index contributed by atoms with van der Waals surface area (Å²) in [7, 11) is 1.90. The number of aromatic amines is 1. The lowest BCUT2D eigenvalue weighted by atomic mass is 10.3. The molecular formula is C13H16N4O. The van der Waals surface area contributed by atoms with Crippen LogP contribution < -0.4 is 4.90 Å². The lowest BCUT2D eigenvalue weighted by Gasteiger charge is -2.16. The molecule has 94 valence electrons. The van der Waals surface area contributed by atoms with Crippen LogP contribution in [0.4, 0.5) is 5.82 Å². The highest BCUT2D eigenvalue weighted by Gasteiger charge is 2.06. The van der Waals surface area contributed by atoms with Crippen LogP contribution in [0.1, 0.15) is 13.3 Å². The molecule has 18 heavy (non-hydrogen) atoms. The Morgan fingerprint density at radius 3 is 2.72 bits per heavy atom. The van der Waals surface area contributed by atoms with E-state index in [-0.39, 0.29) is 5.78 Å². The van der Waals surface area contributed by atoms with Crippen molar-refractivity contribution in [3.05, 3.63) is 30.5 Å². The van der Waals surface area contributed by atoms with Crippen LogP contribution in [-0.4, -0.2) is 34.6 Å². The lowest BCUT2D eigenvalue weighted by molar-refractivity contribution is -0.116. The molecule has 2 rings (SSSR count). The summed E-state index contributed by atoms with van der Waals surface area (Å²) in [6.45, 7) is 2.25. The van der Waals surface area contributed by atoms with Gasteiger partial charge < -0.3 is 9.88 Å². The minimum Gasteiger partial charge on any atom is -0.360 e. The SMILES string of the molecule is CC(=O)CCN(C)c1ccc(-c2ccc[nH]2)nn1. The molecule has 0 bridgehead atoms. The smallest absolute Gasteiger partial charge is 0.151 e. The first-order valence-electron chi connectivity index (χ1n) is 5.85. The maximum absolute atomic E-state index is 10.9.